The Morgan fingerprint density at radius 2 is 1.08 bits per heavy atom. The summed E-state index contributed by atoms with van der Waals surface area (Å²) in [5, 5.41) is 8.89. The Morgan fingerprint density at radius 1 is 0.623 bits per heavy atom. The quantitative estimate of drug-likeness (QED) is 0.105. The molecule has 2 aliphatic heterocycles. The van der Waals surface area contributed by atoms with Crippen LogP contribution in [-0.2, 0) is 27.4 Å². The summed E-state index contributed by atoms with van der Waals surface area (Å²) in [5.74, 6) is -2.64. The van der Waals surface area contributed by atoms with Gasteiger partial charge in [0.25, 0.3) is 11.8 Å². The van der Waals surface area contributed by atoms with Crippen molar-refractivity contribution in [1.82, 2.24) is 25.3 Å². The van der Waals surface area contributed by atoms with Crippen molar-refractivity contribution in [1.29, 1.82) is 0 Å². The summed E-state index contributed by atoms with van der Waals surface area (Å²) in [6, 6.07) is 32.0. The number of nitrogens with one attached hydrogen (secondary N) is 1. The first-order valence-electron chi connectivity index (χ1n) is 19.3. The summed E-state index contributed by atoms with van der Waals surface area (Å²) in [6.45, 7) is 4.29. The third kappa shape index (κ3) is 12.2. The van der Waals surface area contributed by atoms with Gasteiger partial charge in [-0.05, 0) is 47.5 Å². The number of para-hydroxylation sites is 2. The van der Waals surface area contributed by atoms with Crippen molar-refractivity contribution < 1.29 is 50.6 Å². The Labute approximate surface area is 348 Å². The monoisotopic (exact) mass is 845 g/mol. The van der Waals surface area contributed by atoms with Crippen molar-refractivity contribution in [3.63, 3.8) is 0 Å². The highest BCUT2D eigenvalue weighted by Crippen LogP contribution is 2.26. The molecule has 1 N–H and O–H groups in total. The molecular formula is C43H43F4N7O7. The molecular weight excluding hydrogens is 803 g/mol. The molecule has 0 saturated carbocycles. The third-order valence-electron chi connectivity index (χ3n) is 9.57. The van der Waals surface area contributed by atoms with Gasteiger partial charge in [-0.2, -0.15) is 17.6 Å². The van der Waals surface area contributed by atoms with Gasteiger partial charge in [-0.15, -0.1) is 10.2 Å². The first kappa shape index (κ1) is 43.9. The number of aromatic nitrogens is 2. The number of morpholine rings is 2. The van der Waals surface area contributed by atoms with Gasteiger partial charge in [0.05, 0.1) is 46.1 Å². The molecule has 0 radical (unpaired) electrons. The van der Waals surface area contributed by atoms with Crippen LogP contribution in [0.4, 0.5) is 38.5 Å². The molecule has 0 aliphatic carbocycles. The summed E-state index contributed by atoms with van der Waals surface area (Å²) < 4.78 is 65.4. The molecule has 1 aromatic heterocycles. The van der Waals surface area contributed by atoms with Gasteiger partial charge in [-0.25, -0.2) is 9.59 Å². The van der Waals surface area contributed by atoms with E-state index in [0.717, 1.165) is 22.5 Å². The maximum atomic E-state index is 13.2. The fraction of sp³-hybridized carbons (Fsp3) is 0.302. The Bertz CT molecular complexity index is 2190. The fourth-order valence-electron chi connectivity index (χ4n) is 6.31. The number of amides is 5. The van der Waals surface area contributed by atoms with Gasteiger partial charge < -0.3 is 29.0 Å². The molecule has 7 rings (SSSR count). The molecule has 18 heteroatoms. The molecule has 61 heavy (non-hydrogen) atoms. The van der Waals surface area contributed by atoms with Gasteiger partial charge in [-0.1, -0.05) is 72.8 Å². The number of ketones is 1. The minimum absolute atomic E-state index is 0.0289. The van der Waals surface area contributed by atoms with E-state index in [-0.39, 0.29) is 30.1 Å². The van der Waals surface area contributed by atoms with E-state index in [4.69, 9.17) is 13.9 Å². The molecule has 0 unspecified atom stereocenters. The lowest BCUT2D eigenvalue weighted by molar-refractivity contribution is -0.131. The summed E-state index contributed by atoms with van der Waals surface area (Å²) in [5.41, 5.74) is 4.01. The Morgan fingerprint density at radius 3 is 1.51 bits per heavy atom. The topological polar surface area (TPSA) is 151 Å². The highest BCUT2D eigenvalue weighted by molar-refractivity contribution is 5.99. The number of hydrogen-bond donors (Lipinski definition) is 1. The molecule has 5 amide bonds. The summed E-state index contributed by atoms with van der Waals surface area (Å²) >= 11 is 0. The zero-order valence-corrected chi connectivity index (χ0v) is 32.9. The molecule has 2 fully saturated rings. The molecule has 0 bridgehead atoms. The number of ether oxygens (including phenoxy) is 2. The first-order valence-corrected chi connectivity index (χ1v) is 19.3. The number of nitrogens with zero attached hydrogens (tertiary/aromatic N) is 6. The Balaban J connectivity index is 0.000000204. The number of carbonyl (C=O) groups is 4. The van der Waals surface area contributed by atoms with E-state index >= 15 is 0 Å². The lowest BCUT2D eigenvalue weighted by atomic mass is 10.1. The Kier molecular flexibility index (Phi) is 15.5. The second kappa shape index (κ2) is 21.6. The molecule has 5 aromatic rings. The number of halogens is 4. The fourth-order valence-corrected chi connectivity index (χ4v) is 6.31. The van der Waals surface area contributed by atoms with Crippen LogP contribution in [0.2, 0.25) is 0 Å². The number of benzene rings is 4. The van der Waals surface area contributed by atoms with Crippen LogP contribution in [0.5, 0.6) is 0 Å². The Hall–Kier alpha value is -6.66. The molecule has 3 heterocycles. The van der Waals surface area contributed by atoms with Crippen molar-refractivity contribution in [2.45, 2.75) is 25.9 Å². The molecule has 4 aromatic carbocycles. The van der Waals surface area contributed by atoms with E-state index in [2.05, 4.69) is 10.2 Å². The van der Waals surface area contributed by atoms with Gasteiger partial charge in [-0.3, -0.25) is 19.4 Å². The van der Waals surface area contributed by atoms with Crippen LogP contribution in [0.15, 0.2) is 114 Å². The number of anilines is 2. The second-order valence-corrected chi connectivity index (χ2v) is 13.7. The van der Waals surface area contributed by atoms with Crippen LogP contribution >= 0.6 is 0 Å². The van der Waals surface area contributed by atoms with Crippen LogP contribution < -0.4 is 15.1 Å². The van der Waals surface area contributed by atoms with Crippen LogP contribution in [0.25, 0.3) is 11.5 Å². The van der Waals surface area contributed by atoms with Gasteiger partial charge in [0.2, 0.25) is 5.89 Å². The van der Waals surface area contributed by atoms with Gasteiger partial charge in [0, 0.05) is 48.7 Å². The largest absolute Gasteiger partial charge is 0.415 e. The molecule has 14 nitrogen and oxygen atoms in total. The predicted octanol–water partition coefficient (Wildman–Crippen LogP) is 6.84. The van der Waals surface area contributed by atoms with Crippen LogP contribution in [0, 0.1) is 0 Å². The van der Waals surface area contributed by atoms with Crippen molar-refractivity contribution in [3.05, 3.63) is 132 Å². The van der Waals surface area contributed by atoms with Gasteiger partial charge >= 0.3 is 24.9 Å². The summed E-state index contributed by atoms with van der Waals surface area (Å²) in [6.07, 6.45) is -5.97. The zero-order chi connectivity index (χ0) is 43.1. The van der Waals surface area contributed by atoms with E-state index in [1.165, 1.54) is 0 Å². The lowest BCUT2D eigenvalue weighted by Crippen LogP contribution is -2.48. The summed E-state index contributed by atoms with van der Waals surface area (Å²) in [4.78, 5) is 56.2. The normalized spacial score (nSPS) is 13.9. The van der Waals surface area contributed by atoms with E-state index < -0.39 is 37.0 Å². The number of hydrogen-bond acceptors (Lipinski definition) is 9. The SMILES string of the molecule is O=C(CNC(=O)C(F)F)c1ccc(CN(C(=O)N2CCOCC2)c2ccccc2)cc1.O=C(N1CCOCC1)N(Cc1ccc(-c2nnc(C(F)F)o2)cc1)c1ccccc1. The smallest absolute Gasteiger partial charge is 0.324 e. The van der Waals surface area contributed by atoms with Crippen LogP contribution in [0.1, 0.15) is 33.8 Å². The van der Waals surface area contributed by atoms with Crippen LogP contribution in [0.3, 0.4) is 0 Å². The van der Waals surface area contributed by atoms with E-state index in [1.807, 2.05) is 78.1 Å². The van der Waals surface area contributed by atoms with E-state index in [1.54, 1.807) is 56.0 Å². The van der Waals surface area contributed by atoms with Crippen LogP contribution in [-0.4, -0.2) is 109 Å². The van der Waals surface area contributed by atoms with Crippen molar-refractivity contribution in [2.24, 2.45) is 0 Å². The number of carbonyl (C=O) groups excluding carboxylic acids is 4. The average molecular weight is 846 g/mol. The highest BCUT2D eigenvalue weighted by Gasteiger charge is 2.26. The molecule has 320 valence electrons. The second-order valence-electron chi connectivity index (χ2n) is 13.7. The lowest BCUT2D eigenvalue weighted by Gasteiger charge is -2.33. The number of rotatable bonds is 12. The standard InChI is InChI=1S/C22H23F2N3O4.C21H20F2N4O3/c23-20(24)21(29)25-14-19(28)17-8-6-16(7-9-17)15-27(18-4-2-1-3-5-18)22(30)26-10-12-31-13-11-26;22-18(23)20-25-24-19(30-20)16-8-6-15(7-9-16)14-27(17-4-2-1-3-5-17)21(28)26-10-12-29-13-11-26/h1-9,20H,10-15H2,(H,25,29);1-9,18H,10-14H2. The average Bonchev–Trinajstić information content (AvgIpc) is 3.82. The third-order valence-corrected chi connectivity index (χ3v) is 9.57. The van der Waals surface area contributed by atoms with Gasteiger partial charge in [0.15, 0.2) is 5.78 Å². The van der Waals surface area contributed by atoms with E-state index in [9.17, 15) is 36.7 Å². The minimum atomic E-state index is -3.16. The number of alkyl halides is 4. The zero-order valence-electron chi connectivity index (χ0n) is 32.9. The maximum absolute atomic E-state index is 13.2. The highest BCUT2D eigenvalue weighted by atomic mass is 19.3. The van der Waals surface area contributed by atoms with E-state index in [0.29, 0.717) is 64.7 Å². The first-order chi connectivity index (χ1) is 29.6. The van der Waals surface area contributed by atoms with Gasteiger partial charge in [0.1, 0.15) is 0 Å². The van der Waals surface area contributed by atoms with Crippen molar-refractivity contribution in [2.75, 3.05) is 69.0 Å². The molecule has 2 aliphatic rings. The van der Waals surface area contributed by atoms with Crippen molar-refractivity contribution >= 4 is 35.1 Å². The minimum Gasteiger partial charge on any atom is -0.415 e. The molecule has 0 spiro atoms. The number of Topliss-reactive ketones (excluding diaryl/α,β-unsaturated/α-hetero) is 1. The van der Waals surface area contributed by atoms with Crippen molar-refractivity contribution in [3.8, 4) is 11.5 Å². The molecule has 2 saturated heterocycles. The predicted molar refractivity (Wildman–Crippen MR) is 215 cm³/mol. The maximum Gasteiger partial charge on any atom is 0.324 e. The number of urea groups is 2. The summed E-state index contributed by atoms with van der Waals surface area (Å²) in [7, 11) is 0. The molecule has 0 atom stereocenters.